The molecule has 4 aliphatic carbocycles. The van der Waals surface area contributed by atoms with E-state index in [1.807, 2.05) is 0 Å². The van der Waals surface area contributed by atoms with Crippen molar-refractivity contribution in [3.8, 4) is 0 Å². The van der Waals surface area contributed by atoms with Crippen molar-refractivity contribution in [1.82, 2.24) is 0 Å². The second-order valence-corrected chi connectivity index (χ2v) is 7.55. The van der Waals surface area contributed by atoms with Crippen molar-refractivity contribution in [1.29, 1.82) is 0 Å². The van der Waals surface area contributed by atoms with E-state index in [1.54, 1.807) is 0 Å². The predicted molar refractivity (Wildman–Crippen MR) is 68.2 cm³/mol. The third-order valence-electron chi connectivity index (χ3n) is 5.41. The fraction of sp³-hybridized carbons (Fsp3) is 0.933. The highest BCUT2D eigenvalue weighted by Gasteiger charge is 2.61. The van der Waals surface area contributed by atoms with Crippen LogP contribution in [0.15, 0.2) is 0 Å². The van der Waals surface area contributed by atoms with E-state index in [0.29, 0.717) is 18.3 Å². The Morgan fingerprint density at radius 3 is 2.40 bits per heavy atom. The van der Waals surface area contributed by atoms with Crippen LogP contribution in [0.5, 0.6) is 0 Å². The summed E-state index contributed by atoms with van der Waals surface area (Å²) in [7, 11) is 0. The minimum Gasteiger partial charge on any atom is -0.459 e. The van der Waals surface area contributed by atoms with Gasteiger partial charge in [0.15, 0.2) is 6.61 Å². The van der Waals surface area contributed by atoms with E-state index in [1.165, 1.54) is 0 Å². The summed E-state index contributed by atoms with van der Waals surface area (Å²) < 4.78 is 30.7. The molecule has 0 aromatic rings. The monoisotopic (exact) mass is 288 g/mol. The van der Waals surface area contributed by atoms with Gasteiger partial charge in [-0.3, -0.25) is 4.79 Å². The maximum absolute atomic E-state index is 12.9. The lowest BCUT2D eigenvalue weighted by molar-refractivity contribution is -0.191. The molecule has 0 aliphatic heterocycles. The highest BCUT2D eigenvalue weighted by molar-refractivity contribution is 5.77. The van der Waals surface area contributed by atoms with Crippen LogP contribution in [0.25, 0.3) is 0 Å². The van der Waals surface area contributed by atoms with Gasteiger partial charge in [-0.25, -0.2) is 8.78 Å². The Bertz CT molecular complexity index is 402. The van der Waals surface area contributed by atoms with Crippen molar-refractivity contribution < 1.29 is 23.4 Å². The smallest absolute Gasteiger partial charge is 0.312 e. The molecule has 114 valence electrons. The molecular weight excluding hydrogens is 266 g/mol. The molecule has 0 aromatic heterocycles. The van der Waals surface area contributed by atoms with E-state index in [-0.39, 0.29) is 12.0 Å². The Kier molecular flexibility index (Phi) is 3.13. The van der Waals surface area contributed by atoms with Gasteiger partial charge in [0, 0.05) is 13.5 Å². The second kappa shape index (κ2) is 4.39. The first-order chi connectivity index (χ1) is 9.26. The molecule has 4 rings (SSSR count). The van der Waals surface area contributed by atoms with Gasteiger partial charge in [-0.2, -0.15) is 0 Å². The van der Waals surface area contributed by atoms with Crippen molar-refractivity contribution in [3.05, 3.63) is 0 Å². The number of halogens is 2. The van der Waals surface area contributed by atoms with Crippen LogP contribution < -0.4 is 0 Å². The average Bonchev–Trinajstić information content (AvgIpc) is 2.33. The molecule has 0 amide bonds. The molecule has 0 heterocycles. The van der Waals surface area contributed by atoms with E-state index in [9.17, 15) is 18.7 Å². The Balaban J connectivity index is 1.76. The van der Waals surface area contributed by atoms with Crippen molar-refractivity contribution >= 4 is 5.97 Å². The Labute approximate surface area is 117 Å². The molecule has 2 unspecified atom stereocenters. The molecule has 1 N–H and O–H groups in total. The maximum atomic E-state index is 12.9. The summed E-state index contributed by atoms with van der Waals surface area (Å²) in [6.07, 6.45) is 5.16. The molecule has 4 fully saturated rings. The fourth-order valence-corrected chi connectivity index (χ4v) is 5.22. The molecule has 4 aliphatic rings. The summed E-state index contributed by atoms with van der Waals surface area (Å²) in [5, 5.41) is 9.71. The number of alkyl halides is 2. The summed E-state index contributed by atoms with van der Waals surface area (Å²) >= 11 is 0. The minimum absolute atomic E-state index is 0.0962. The first-order valence-corrected chi connectivity index (χ1v) is 7.42. The number of hydrogen-bond donors (Lipinski definition) is 1. The van der Waals surface area contributed by atoms with E-state index in [0.717, 1.165) is 39.0 Å². The van der Waals surface area contributed by atoms with Crippen molar-refractivity contribution in [2.45, 2.75) is 51.4 Å². The van der Waals surface area contributed by atoms with Gasteiger partial charge >= 0.3 is 5.97 Å². The van der Waals surface area contributed by atoms with Gasteiger partial charge in [0.2, 0.25) is 0 Å². The molecule has 20 heavy (non-hydrogen) atoms. The van der Waals surface area contributed by atoms with Crippen LogP contribution in [0.2, 0.25) is 0 Å². The summed E-state index contributed by atoms with van der Waals surface area (Å²) in [5.41, 5.74) is -0.782. The van der Waals surface area contributed by atoms with Crippen LogP contribution >= 0.6 is 0 Å². The van der Waals surface area contributed by atoms with Gasteiger partial charge in [-0.15, -0.1) is 0 Å². The number of aliphatic hydroxyl groups is 1. The molecule has 0 spiro atoms. The lowest BCUT2D eigenvalue weighted by Gasteiger charge is -2.60. The lowest BCUT2D eigenvalue weighted by atomic mass is 9.44. The van der Waals surface area contributed by atoms with Crippen molar-refractivity contribution in [2.75, 3.05) is 13.2 Å². The van der Waals surface area contributed by atoms with Gasteiger partial charge in [0.25, 0.3) is 5.92 Å². The normalized spacial score (nSPS) is 42.8. The summed E-state index contributed by atoms with van der Waals surface area (Å²) in [6, 6.07) is 0. The van der Waals surface area contributed by atoms with E-state index in [4.69, 9.17) is 4.74 Å². The highest BCUT2D eigenvalue weighted by atomic mass is 19.3. The number of ether oxygens (including phenoxy) is 1. The zero-order chi connectivity index (χ0) is 14.6. The predicted octanol–water partition coefficient (Wildman–Crippen LogP) is 2.76. The van der Waals surface area contributed by atoms with Crippen LogP contribution in [0, 0.1) is 22.7 Å². The van der Waals surface area contributed by atoms with E-state index < -0.39 is 23.9 Å². The zero-order valence-electron chi connectivity index (χ0n) is 11.8. The molecule has 4 bridgehead atoms. The van der Waals surface area contributed by atoms with Gasteiger partial charge < -0.3 is 9.84 Å². The number of esters is 1. The highest BCUT2D eigenvalue weighted by Crippen LogP contribution is 2.65. The Hall–Kier alpha value is -0.710. The summed E-state index contributed by atoms with van der Waals surface area (Å²) in [6.45, 7) is 0.0171. The van der Waals surface area contributed by atoms with Crippen LogP contribution in [0.3, 0.4) is 0 Å². The molecule has 5 heteroatoms. The number of rotatable bonds is 4. The first-order valence-electron chi connectivity index (χ1n) is 7.42. The molecular formula is C15H22F2O3. The average molecular weight is 288 g/mol. The summed E-state index contributed by atoms with van der Waals surface area (Å²) in [4.78, 5) is 12.4. The van der Waals surface area contributed by atoms with Crippen molar-refractivity contribution in [3.63, 3.8) is 0 Å². The first kappa shape index (κ1) is 14.2. The third-order valence-corrected chi connectivity index (χ3v) is 5.41. The van der Waals surface area contributed by atoms with Crippen molar-refractivity contribution in [2.24, 2.45) is 22.7 Å². The second-order valence-electron chi connectivity index (χ2n) is 7.55. The molecule has 3 nitrogen and oxygen atoms in total. The molecule has 2 atom stereocenters. The SMILES string of the molecule is CC(F)(F)COC(=O)C12CC3CC(CC(CO)(C3)C1)C2. The fourth-order valence-electron chi connectivity index (χ4n) is 5.22. The quantitative estimate of drug-likeness (QED) is 0.809. The standard InChI is InChI=1S/C15H22F2O3/c1-13(16,17)9-20-12(19)15-5-10-2-11(6-15)4-14(3-10,7-15)8-18/h10-11,18H,2-9H2,1H3. The maximum Gasteiger partial charge on any atom is 0.312 e. The number of carbonyl (C=O) groups excluding carboxylic acids is 1. The van der Waals surface area contributed by atoms with Gasteiger partial charge in [-0.05, 0) is 55.8 Å². The molecule has 4 saturated carbocycles. The molecule has 0 radical (unpaired) electrons. The number of carbonyl (C=O) groups is 1. The van der Waals surface area contributed by atoms with Crippen LogP contribution in [-0.4, -0.2) is 30.2 Å². The number of hydrogen-bond acceptors (Lipinski definition) is 3. The van der Waals surface area contributed by atoms with E-state index >= 15 is 0 Å². The molecule has 0 saturated heterocycles. The largest absolute Gasteiger partial charge is 0.459 e. The summed E-state index contributed by atoms with van der Waals surface area (Å²) in [5.74, 6) is -2.56. The van der Waals surface area contributed by atoms with Gasteiger partial charge in [0.1, 0.15) is 0 Å². The zero-order valence-corrected chi connectivity index (χ0v) is 11.8. The minimum atomic E-state index is -2.98. The number of aliphatic hydroxyl groups excluding tert-OH is 1. The van der Waals surface area contributed by atoms with Crippen LogP contribution in [0.1, 0.15) is 45.4 Å². The van der Waals surface area contributed by atoms with Gasteiger partial charge in [0.05, 0.1) is 5.41 Å². The van der Waals surface area contributed by atoms with Crippen LogP contribution in [0.4, 0.5) is 8.78 Å². The van der Waals surface area contributed by atoms with Crippen LogP contribution in [-0.2, 0) is 9.53 Å². The molecule has 0 aromatic carbocycles. The Morgan fingerprint density at radius 1 is 1.30 bits per heavy atom. The lowest BCUT2D eigenvalue weighted by Crippen LogP contribution is -2.56. The third kappa shape index (κ3) is 2.34. The van der Waals surface area contributed by atoms with E-state index in [2.05, 4.69) is 0 Å². The topological polar surface area (TPSA) is 46.5 Å². The van der Waals surface area contributed by atoms with Gasteiger partial charge in [-0.1, -0.05) is 0 Å². The Morgan fingerprint density at radius 2 is 1.90 bits per heavy atom.